The van der Waals surface area contributed by atoms with Crippen LogP contribution in [0, 0.1) is 0 Å². The number of Topliss-reactive ketones (excluding diaryl/α,β-unsaturated/α-hetero) is 1. The topological polar surface area (TPSA) is 52.7 Å². The highest BCUT2D eigenvalue weighted by Gasteiger charge is 2.28. The van der Waals surface area contributed by atoms with E-state index in [2.05, 4.69) is 34.5 Å². The van der Waals surface area contributed by atoms with Crippen LogP contribution in [0.4, 0.5) is 10.5 Å². The van der Waals surface area contributed by atoms with Gasteiger partial charge in [-0.25, -0.2) is 4.79 Å². The lowest BCUT2D eigenvalue weighted by molar-refractivity contribution is 0.101. The number of likely N-dealkylation sites (tertiary alicyclic amines) is 1. The molecule has 3 aromatic rings. The van der Waals surface area contributed by atoms with Crippen molar-refractivity contribution in [1.82, 2.24) is 9.80 Å². The molecule has 6 heteroatoms. The van der Waals surface area contributed by atoms with E-state index in [9.17, 15) is 9.59 Å². The van der Waals surface area contributed by atoms with Gasteiger partial charge in [-0.3, -0.25) is 4.79 Å². The van der Waals surface area contributed by atoms with Crippen molar-refractivity contribution in [1.29, 1.82) is 0 Å². The summed E-state index contributed by atoms with van der Waals surface area (Å²) in [6, 6.07) is 25.6. The fourth-order valence-corrected chi connectivity index (χ4v) is 4.87. The average Bonchev–Trinajstić information content (AvgIpc) is 2.90. The van der Waals surface area contributed by atoms with Gasteiger partial charge in [0.25, 0.3) is 0 Å². The van der Waals surface area contributed by atoms with Gasteiger partial charge in [0, 0.05) is 48.5 Å². The molecule has 0 unspecified atom stereocenters. The third-order valence-electron chi connectivity index (χ3n) is 6.89. The number of hydrogen-bond donors (Lipinski definition) is 1. The number of carbonyl (C=O) groups excluding carboxylic acids is 2. The summed E-state index contributed by atoms with van der Waals surface area (Å²) in [7, 11) is 0. The molecule has 0 radical (unpaired) electrons. The number of carbonyl (C=O) groups is 2. The van der Waals surface area contributed by atoms with Crippen LogP contribution in [-0.4, -0.2) is 53.8 Å². The first-order chi connectivity index (χ1) is 17.5. The first-order valence-electron chi connectivity index (χ1n) is 12.7. The van der Waals surface area contributed by atoms with Crippen molar-refractivity contribution < 1.29 is 9.59 Å². The van der Waals surface area contributed by atoms with Gasteiger partial charge in [-0.15, -0.1) is 0 Å². The van der Waals surface area contributed by atoms with Crippen molar-refractivity contribution in [3.05, 3.63) is 101 Å². The van der Waals surface area contributed by atoms with Gasteiger partial charge in [-0.1, -0.05) is 66.2 Å². The molecule has 0 bridgehead atoms. The number of rotatable bonds is 9. The number of hydrogen-bond acceptors (Lipinski definition) is 3. The van der Waals surface area contributed by atoms with E-state index in [4.69, 9.17) is 11.6 Å². The Bertz CT molecular complexity index is 1140. The molecular formula is C30H34ClN3O2. The summed E-state index contributed by atoms with van der Waals surface area (Å²) in [5.74, 6) is -0.0157. The van der Waals surface area contributed by atoms with Crippen LogP contribution >= 0.6 is 11.6 Å². The van der Waals surface area contributed by atoms with E-state index in [0.29, 0.717) is 17.8 Å². The van der Waals surface area contributed by atoms with Crippen molar-refractivity contribution in [2.24, 2.45) is 0 Å². The number of piperidine rings is 1. The molecule has 1 aliphatic heterocycles. The smallest absolute Gasteiger partial charge is 0.321 e. The van der Waals surface area contributed by atoms with Crippen molar-refractivity contribution in [3.8, 4) is 0 Å². The molecule has 0 aromatic heterocycles. The van der Waals surface area contributed by atoms with Gasteiger partial charge >= 0.3 is 6.03 Å². The van der Waals surface area contributed by atoms with Gasteiger partial charge in [-0.05, 0) is 68.0 Å². The van der Waals surface area contributed by atoms with Gasteiger partial charge in [0.1, 0.15) is 0 Å². The lowest BCUT2D eigenvalue weighted by atomic mass is 10.0. The lowest BCUT2D eigenvalue weighted by Gasteiger charge is -2.38. The van der Waals surface area contributed by atoms with E-state index < -0.39 is 0 Å². The quantitative estimate of drug-likeness (QED) is 0.347. The third kappa shape index (κ3) is 7.42. The second kappa shape index (κ2) is 12.7. The van der Waals surface area contributed by atoms with Gasteiger partial charge in [0.2, 0.25) is 0 Å². The number of halogens is 1. The van der Waals surface area contributed by atoms with Crippen LogP contribution in [-0.2, 0) is 12.8 Å². The monoisotopic (exact) mass is 503 g/mol. The second-order valence-electron chi connectivity index (χ2n) is 9.45. The SMILES string of the molecule is CC(=O)c1cccc(NC(=O)N(CCc2ccccc2)C2CCN(CCc3ccc(Cl)cc3)CC2)c1. The Labute approximate surface area is 219 Å². The summed E-state index contributed by atoms with van der Waals surface area (Å²) in [6.45, 7) is 5.12. The minimum absolute atomic E-state index is 0.0157. The number of benzene rings is 3. The Hall–Kier alpha value is -3.15. The highest BCUT2D eigenvalue weighted by atomic mass is 35.5. The summed E-state index contributed by atoms with van der Waals surface area (Å²) >= 11 is 6.01. The molecule has 1 saturated heterocycles. The molecule has 0 atom stereocenters. The predicted octanol–water partition coefficient (Wildman–Crippen LogP) is 6.33. The van der Waals surface area contributed by atoms with Crippen molar-refractivity contribution in [2.75, 3.05) is 31.5 Å². The zero-order chi connectivity index (χ0) is 25.3. The average molecular weight is 504 g/mol. The molecule has 188 valence electrons. The molecule has 3 aromatic carbocycles. The highest BCUT2D eigenvalue weighted by Crippen LogP contribution is 2.21. The van der Waals surface area contributed by atoms with E-state index in [-0.39, 0.29) is 17.9 Å². The van der Waals surface area contributed by atoms with E-state index in [1.54, 1.807) is 18.2 Å². The number of amides is 2. The Kier molecular flexibility index (Phi) is 9.15. The summed E-state index contributed by atoms with van der Waals surface area (Å²) in [5.41, 5.74) is 3.75. The fourth-order valence-electron chi connectivity index (χ4n) is 4.75. The molecule has 36 heavy (non-hydrogen) atoms. The maximum atomic E-state index is 13.4. The third-order valence-corrected chi connectivity index (χ3v) is 7.15. The van der Waals surface area contributed by atoms with Crippen molar-refractivity contribution in [2.45, 2.75) is 38.6 Å². The Morgan fingerprint density at radius 1 is 0.917 bits per heavy atom. The van der Waals surface area contributed by atoms with E-state index >= 15 is 0 Å². The number of ketones is 1. The first kappa shape index (κ1) is 25.9. The molecule has 0 spiro atoms. The second-order valence-corrected chi connectivity index (χ2v) is 9.88. The van der Waals surface area contributed by atoms with Crippen LogP contribution in [0.25, 0.3) is 0 Å². The summed E-state index contributed by atoms with van der Waals surface area (Å²) in [4.78, 5) is 29.7. The van der Waals surface area contributed by atoms with Gasteiger partial charge < -0.3 is 15.1 Å². The standard InChI is InChI=1S/C30H34ClN3O2/c1-23(35)26-8-5-9-28(22-26)32-30(36)34(21-15-24-6-3-2-4-7-24)29-16-19-33(20-17-29)18-14-25-10-12-27(31)13-11-25/h2-13,22,29H,14-21H2,1H3,(H,32,36). The minimum Gasteiger partial charge on any atom is -0.321 e. The summed E-state index contributed by atoms with van der Waals surface area (Å²) < 4.78 is 0. The fraction of sp³-hybridized carbons (Fsp3) is 0.333. The van der Waals surface area contributed by atoms with Crippen LogP contribution < -0.4 is 5.32 Å². The maximum absolute atomic E-state index is 13.4. The molecule has 4 rings (SSSR count). The minimum atomic E-state index is -0.105. The zero-order valence-electron chi connectivity index (χ0n) is 20.8. The Morgan fingerprint density at radius 3 is 2.31 bits per heavy atom. The molecule has 1 aliphatic rings. The Morgan fingerprint density at radius 2 is 1.61 bits per heavy atom. The lowest BCUT2D eigenvalue weighted by Crippen LogP contribution is -2.49. The van der Waals surface area contributed by atoms with Crippen LogP contribution in [0.5, 0.6) is 0 Å². The largest absolute Gasteiger partial charge is 0.322 e. The van der Waals surface area contributed by atoms with Gasteiger partial charge in [-0.2, -0.15) is 0 Å². The molecule has 0 aliphatic carbocycles. The normalized spacial score (nSPS) is 14.4. The van der Waals surface area contributed by atoms with Gasteiger partial charge in [0.15, 0.2) is 5.78 Å². The van der Waals surface area contributed by atoms with E-state index in [0.717, 1.165) is 50.3 Å². The van der Waals surface area contributed by atoms with E-state index in [1.807, 2.05) is 41.3 Å². The molecule has 1 N–H and O–H groups in total. The number of nitrogens with zero attached hydrogens (tertiary/aromatic N) is 2. The molecule has 1 heterocycles. The Balaban J connectivity index is 1.38. The molecule has 2 amide bonds. The van der Waals surface area contributed by atoms with Crippen molar-refractivity contribution >= 4 is 29.1 Å². The highest BCUT2D eigenvalue weighted by molar-refractivity contribution is 6.30. The number of anilines is 1. The molecule has 5 nitrogen and oxygen atoms in total. The van der Waals surface area contributed by atoms with Crippen LogP contribution in [0.3, 0.4) is 0 Å². The van der Waals surface area contributed by atoms with Crippen LogP contribution in [0.2, 0.25) is 5.02 Å². The predicted molar refractivity (Wildman–Crippen MR) is 147 cm³/mol. The maximum Gasteiger partial charge on any atom is 0.322 e. The van der Waals surface area contributed by atoms with Crippen LogP contribution in [0.1, 0.15) is 41.3 Å². The first-order valence-corrected chi connectivity index (χ1v) is 13.0. The summed E-state index contributed by atoms with van der Waals surface area (Å²) in [6.07, 6.45) is 3.68. The van der Waals surface area contributed by atoms with Crippen molar-refractivity contribution in [3.63, 3.8) is 0 Å². The molecular weight excluding hydrogens is 470 g/mol. The summed E-state index contributed by atoms with van der Waals surface area (Å²) in [5, 5.41) is 3.81. The van der Waals surface area contributed by atoms with Gasteiger partial charge in [0.05, 0.1) is 0 Å². The number of nitrogens with one attached hydrogen (secondary N) is 1. The molecule has 0 saturated carbocycles. The van der Waals surface area contributed by atoms with Crippen LogP contribution in [0.15, 0.2) is 78.9 Å². The molecule has 1 fully saturated rings. The van der Waals surface area contributed by atoms with E-state index in [1.165, 1.54) is 18.1 Å². The zero-order valence-corrected chi connectivity index (χ0v) is 21.6. The number of urea groups is 1.